The van der Waals surface area contributed by atoms with E-state index < -0.39 is 21.5 Å². The quantitative estimate of drug-likeness (QED) is 0.766. The molecule has 132 valence electrons. The van der Waals surface area contributed by atoms with Crippen LogP contribution in [0.4, 0.5) is 0 Å². The molecule has 2 rings (SSSR count). The first-order valence-electron chi connectivity index (χ1n) is 7.25. The molecule has 1 heterocycles. The topological polar surface area (TPSA) is 112 Å². The molecule has 1 aliphatic rings. The number of hydrogen-bond acceptors (Lipinski definition) is 6. The van der Waals surface area contributed by atoms with Gasteiger partial charge in [0.2, 0.25) is 5.09 Å². The Hall–Kier alpha value is -1.09. The van der Waals surface area contributed by atoms with E-state index >= 15 is 0 Å². The average Bonchev–Trinajstić information content (AvgIpc) is 2.99. The molecule has 0 bridgehead atoms. The van der Waals surface area contributed by atoms with Crippen LogP contribution in [0, 0.1) is 5.92 Å². The van der Waals surface area contributed by atoms with Crippen LogP contribution >= 0.6 is 12.4 Å². The van der Waals surface area contributed by atoms with Crippen molar-refractivity contribution in [3.63, 3.8) is 0 Å². The van der Waals surface area contributed by atoms with Crippen molar-refractivity contribution in [1.82, 2.24) is 4.72 Å². The second-order valence-electron chi connectivity index (χ2n) is 5.76. The monoisotopic (exact) mass is 366 g/mol. The van der Waals surface area contributed by atoms with Crippen molar-refractivity contribution in [1.29, 1.82) is 0 Å². The number of nitrogens with one attached hydrogen (secondary N) is 1. The lowest BCUT2D eigenvalue weighted by atomic mass is 9.74. The normalized spacial score (nSPS) is 24.7. The van der Waals surface area contributed by atoms with Gasteiger partial charge in [-0.05, 0) is 18.8 Å². The van der Waals surface area contributed by atoms with Gasteiger partial charge in [-0.3, -0.25) is 0 Å². The molecular weight excluding hydrogens is 344 g/mol. The van der Waals surface area contributed by atoms with Crippen molar-refractivity contribution in [2.24, 2.45) is 11.7 Å². The van der Waals surface area contributed by atoms with Crippen molar-refractivity contribution in [2.45, 2.75) is 43.2 Å². The lowest BCUT2D eigenvalue weighted by Gasteiger charge is -2.41. The van der Waals surface area contributed by atoms with Crippen LogP contribution in [0.1, 0.15) is 43.0 Å². The van der Waals surface area contributed by atoms with Gasteiger partial charge in [0.15, 0.2) is 0 Å². The molecule has 2 unspecified atom stereocenters. The third-order valence-electron chi connectivity index (χ3n) is 4.42. The van der Waals surface area contributed by atoms with Crippen LogP contribution in [-0.2, 0) is 14.8 Å². The molecule has 1 aliphatic carbocycles. The molecule has 0 amide bonds. The van der Waals surface area contributed by atoms with Gasteiger partial charge in [0.1, 0.15) is 6.26 Å². The van der Waals surface area contributed by atoms with E-state index in [9.17, 15) is 13.2 Å². The number of halogens is 1. The molecule has 1 aromatic heterocycles. The van der Waals surface area contributed by atoms with Gasteiger partial charge in [0.05, 0.1) is 12.7 Å². The molecule has 1 saturated carbocycles. The first-order chi connectivity index (χ1) is 10.3. The molecule has 0 saturated heterocycles. The summed E-state index contributed by atoms with van der Waals surface area (Å²) in [5.41, 5.74) is 5.24. The fourth-order valence-corrected chi connectivity index (χ4v) is 4.39. The van der Waals surface area contributed by atoms with Gasteiger partial charge in [-0.25, -0.2) is 17.9 Å². The fourth-order valence-electron chi connectivity index (χ4n) is 2.91. The summed E-state index contributed by atoms with van der Waals surface area (Å²) in [5.74, 6) is -0.513. The number of ether oxygens (including phenoxy) is 1. The smallest absolute Gasteiger partial charge is 0.341 e. The Kier molecular flexibility index (Phi) is 6.64. The Labute approximate surface area is 142 Å². The molecule has 7 nitrogen and oxygen atoms in total. The molecule has 0 aliphatic heterocycles. The zero-order valence-corrected chi connectivity index (χ0v) is 14.8. The van der Waals surface area contributed by atoms with E-state index in [1.165, 1.54) is 7.11 Å². The lowest BCUT2D eigenvalue weighted by molar-refractivity contribution is 0.0600. The number of sulfonamides is 1. The number of furan rings is 1. The number of rotatable bonds is 5. The first kappa shape index (κ1) is 20.0. The molecule has 0 radical (unpaired) electrons. The summed E-state index contributed by atoms with van der Waals surface area (Å²) in [5, 5.41) is -0.307. The van der Waals surface area contributed by atoms with Crippen LogP contribution in [-0.4, -0.2) is 33.6 Å². The third-order valence-corrected chi connectivity index (χ3v) is 5.84. The zero-order chi connectivity index (χ0) is 16.4. The maximum absolute atomic E-state index is 12.5. The Balaban J connectivity index is 0.00000264. The summed E-state index contributed by atoms with van der Waals surface area (Å²) >= 11 is 0. The van der Waals surface area contributed by atoms with Crippen LogP contribution < -0.4 is 10.5 Å². The Bertz CT molecular complexity index is 645. The molecule has 23 heavy (non-hydrogen) atoms. The molecule has 3 N–H and O–H groups in total. The minimum Gasteiger partial charge on any atom is -0.465 e. The maximum Gasteiger partial charge on any atom is 0.341 e. The van der Waals surface area contributed by atoms with Gasteiger partial charge in [0, 0.05) is 18.2 Å². The van der Waals surface area contributed by atoms with Crippen molar-refractivity contribution < 1.29 is 22.4 Å². The third kappa shape index (κ3) is 4.06. The summed E-state index contributed by atoms with van der Waals surface area (Å²) in [6.07, 6.45) is 4.67. The van der Waals surface area contributed by atoms with Crippen LogP contribution in [0.3, 0.4) is 0 Å². The lowest BCUT2D eigenvalue weighted by Crippen LogP contribution is -2.58. The first-order valence-corrected chi connectivity index (χ1v) is 8.74. The summed E-state index contributed by atoms with van der Waals surface area (Å²) in [4.78, 5) is 11.4. The van der Waals surface area contributed by atoms with E-state index in [0.717, 1.165) is 31.6 Å². The highest BCUT2D eigenvalue weighted by atomic mass is 35.5. The zero-order valence-electron chi connectivity index (χ0n) is 13.2. The number of nitrogens with two attached hydrogens (primary N) is 1. The molecule has 0 aromatic carbocycles. The molecule has 2 atom stereocenters. The number of carbonyl (C=O) groups is 1. The maximum atomic E-state index is 12.5. The Morgan fingerprint density at radius 3 is 2.78 bits per heavy atom. The highest BCUT2D eigenvalue weighted by Crippen LogP contribution is 2.34. The van der Waals surface area contributed by atoms with Crippen LogP contribution in [0.15, 0.2) is 21.8 Å². The fraction of sp³-hybridized carbons (Fsp3) is 0.643. The van der Waals surface area contributed by atoms with Gasteiger partial charge >= 0.3 is 5.97 Å². The highest BCUT2D eigenvalue weighted by Gasteiger charge is 2.41. The van der Waals surface area contributed by atoms with E-state index in [1.807, 2.05) is 6.92 Å². The number of hydrogen-bond donors (Lipinski definition) is 2. The minimum absolute atomic E-state index is 0. The number of esters is 1. The van der Waals surface area contributed by atoms with Gasteiger partial charge < -0.3 is 14.9 Å². The second-order valence-corrected chi connectivity index (χ2v) is 7.37. The van der Waals surface area contributed by atoms with E-state index in [0.29, 0.717) is 6.42 Å². The van der Waals surface area contributed by atoms with Gasteiger partial charge in [-0.1, -0.05) is 19.8 Å². The predicted molar refractivity (Wildman–Crippen MR) is 87.0 cm³/mol. The van der Waals surface area contributed by atoms with E-state index in [4.69, 9.17) is 10.2 Å². The largest absolute Gasteiger partial charge is 0.465 e. The van der Waals surface area contributed by atoms with Gasteiger partial charge in [-0.2, -0.15) is 0 Å². The van der Waals surface area contributed by atoms with Crippen molar-refractivity contribution >= 4 is 28.4 Å². The van der Waals surface area contributed by atoms with Crippen LogP contribution in [0.25, 0.3) is 0 Å². The average molecular weight is 367 g/mol. The predicted octanol–water partition coefficient (Wildman–Crippen LogP) is 1.67. The second kappa shape index (κ2) is 7.65. The Morgan fingerprint density at radius 1 is 1.52 bits per heavy atom. The van der Waals surface area contributed by atoms with E-state index in [2.05, 4.69) is 9.46 Å². The standard InChI is InChI=1S/C14H22N2O5S.ClH/c1-10-5-3-4-6-14(10,9-15)16-22(18,19)12-7-11(8-21-12)13(17)20-2;/h7-8,10,16H,3-6,9,15H2,1-2H3;1H. The molecule has 1 aromatic rings. The van der Waals surface area contributed by atoms with Crippen molar-refractivity contribution in [2.75, 3.05) is 13.7 Å². The molecular formula is C14H23ClN2O5S. The number of carbonyl (C=O) groups excluding carboxylic acids is 1. The Morgan fingerprint density at radius 2 is 2.22 bits per heavy atom. The molecule has 1 fully saturated rings. The highest BCUT2D eigenvalue weighted by molar-refractivity contribution is 7.89. The number of methoxy groups -OCH3 is 1. The van der Waals surface area contributed by atoms with Gasteiger partial charge in [0.25, 0.3) is 10.0 Å². The SMILES string of the molecule is COC(=O)c1coc(S(=O)(=O)NC2(CN)CCCCC2C)c1.Cl. The summed E-state index contributed by atoms with van der Waals surface area (Å²) in [6, 6.07) is 1.16. The van der Waals surface area contributed by atoms with E-state index in [1.54, 1.807) is 0 Å². The van der Waals surface area contributed by atoms with Crippen LogP contribution in [0.5, 0.6) is 0 Å². The summed E-state index contributed by atoms with van der Waals surface area (Å²) in [7, 11) is -2.67. The van der Waals surface area contributed by atoms with Crippen molar-refractivity contribution in [3.05, 3.63) is 17.9 Å². The van der Waals surface area contributed by atoms with Crippen molar-refractivity contribution in [3.8, 4) is 0 Å². The van der Waals surface area contributed by atoms with Gasteiger partial charge in [-0.15, -0.1) is 12.4 Å². The van der Waals surface area contributed by atoms with E-state index in [-0.39, 0.29) is 35.5 Å². The minimum atomic E-state index is -3.89. The summed E-state index contributed by atoms with van der Waals surface area (Å²) < 4.78 is 37.3. The summed E-state index contributed by atoms with van der Waals surface area (Å²) in [6.45, 7) is 2.22. The molecule has 9 heteroatoms. The van der Waals surface area contributed by atoms with Crippen LogP contribution in [0.2, 0.25) is 0 Å². The molecule has 0 spiro atoms.